The number of nitrogens with zero attached hydrogens (tertiary/aromatic N) is 4. The second-order valence-electron chi connectivity index (χ2n) is 6.48. The van der Waals surface area contributed by atoms with E-state index in [0.29, 0.717) is 12.5 Å². The van der Waals surface area contributed by atoms with Crippen molar-refractivity contribution in [2.75, 3.05) is 18.0 Å². The highest BCUT2D eigenvalue weighted by atomic mass is 16.3. The number of aromatic nitrogens is 3. The van der Waals surface area contributed by atoms with Crippen molar-refractivity contribution in [2.45, 2.75) is 31.8 Å². The Hall–Kier alpha value is -2.01. The molecule has 4 rings (SSSR count). The van der Waals surface area contributed by atoms with Crippen LogP contribution in [0.15, 0.2) is 30.6 Å². The first kappa shape index (κ1) is 13.6. The predicted molar refractivity (Wildman–Crippen MR) is 84.5 cm³/mol. The number of hydrogen-bond acceptors (Lipinski definition) is 5. The molecule has 0 spiro atoms. The molecule has 0 amide bonds. The zero-order valence-corrected chi connectivity index (χ0v) is 12.7. The zero-order valence-electron chi connectivity index (χ0n) is 12.7. The molecule has 3 heterocycles. The van der Waals surface area contributed by atoms with Crippen LogP contribution in [-0.2, 0) is 0 Å². The molecule has 1 N–H and O–H groups in total. The molecule has 2 fully saturated rings. The van der Waals surface area contributed by atoms with E-state index in [1.54, 1.807) is 12.4 Å². The molecular weight excluding hydrogens is 276 g/mol. The van der Waals surface area contributed by atoms with Crippen LogP contribution in [0.2, 0.25) is 0 Å². The Morgan fingerprint density at radius 1 is 1.23 bits per heavy atom. The normalized spacial score (nSPS) is 24.7. The van der Waals surface area contributed by atoms with E-state index >= 15 is 0 Å². The third-order valence-corrected chi connectivity index (χ3v) is 4.72. The van der Waals surface area contributed by atoms with Gasteiger partial charge in [-0.25, -0.2) is 9.97 Å². The molecule has 1 saturated heterocycles. The summed E-state index contributed by atoms with van der Waals surface area (Å²) in [6.07, 6.45) is 6.67. The topological polar surface area (TPSA) is 62.1 Å². The summed E-state index contributed by atoms with van der Waals surface area (Å²) in [5, 5.41) is 10.7. The zero-order chi connectivity index (χ0) is 15.2. The van der Waals surface area contributed by atoms with Gasteiger partial charge in [0, 0.05) is 42.8 Å². The highest BCUT2D eigenvalue weighted by Crippen LogP contribution is 2.45. The van der Waals surface area contributed by atoms with Crippen molar-refractivity contribution in [3.8, 4) is 11.4 Å². The Balaban J connectivity index is 1.64. The average molecular weight is 296 g/mol. The Morgan fingerprint density at radius 2 is 2.00 bits per heavy atom. The van der Waals surface area contributed by atoms with Gasteiger partial charge < -0.3 is 10.0 Å². The van der Waals surface area contributed by atoms with Crippen molar-refractivity contribution >= 4 is 5.82 Å². The van der Waals surface area contributed by atoms with Gasteiger partial charge in [0.2, 0.25) is 0 Å². The van der Waals surface area contributed by atoms with Crippen LogP contribution in [0.1, 0.15) is 25.0 Å². The summed E-state index contributed by atoms with van der Waals surface area (Å²) in [6.45, 7) is 3.53. The van der Waals surface area contributed by atoms with Crippen molar-refractivity contribution in [1.82, 2.24) is 15.0 Å². The van der Waals surface area contributed by atoms with E-state index in [2.05, 4.69) is 14.9 Å². The van der Waals surface area contributed by atoms with Gasteiger partial charge in [-0.2, -0.15) is 0 Å². The molecular formula is C17H20N4O. The highest BCUT2D eigenvalue weighted by Gasteiger charge is 2.48. The van der Waals surface area contributed by atoms with Crippen LogP contribution >= 0.6 is 0 Å². The van der Waals surface area contributed by atoms with E-state index in [1.807, 2.05) is 25.1 Å². The van der Waals surface area contributed by atoms with Crippen molar-refractivity contribution in [2.24, 2.45) is 5.92 Å². The molecule has 2 aromatic rings. The van der Waals surface area contributed by atoms with Gasteiger partial charge in [-0.15, -0.1) is 0 Å². The fourth-order valence-electron chi connectivity index (χ4n) is 3.31. The molecule has 0 radical (unpaired) electrons. The lowest BCUT2D eigenvalue weighted by Gasteiger charge is -2.24. The van der Waals surface area contributed by atoms with Crippen LogP contribution in [0.25, 0.3) is 11.4 Å². The number of hydrogen-bond donors (Lipinski definition) is 1. The van der Waals surface area contributed by atoms with Gasteiger partial charge in [0.25, 0.3) is 0 Å². The molecule has 1 unspecified atom stereocenters. The molecule has 1 aliphatic heterocycles. The first-order chi connectivity index (χ1) is 10.6. The molecule has 2 aromatic heterocycles. The number of aliphatic hydroxyl groups is 1. The molecule has 1 atom stereocenters. The SMILES string of the molecule is Cc1cc(N2CCC(O)(C3CC3)C2)nc(-c2ccncc2)n1. The van der Waals surface area contributed by atoms with Crippen LogP contribution in [0.5, 0.6) is 0 Å². The summed E-state index contributed by atoms with van der Waals surface area (Å²) in [5.74, 6) is 2.12. The smallest absolute Gasteiger partial charge is 0.161 e. The lowest BCUT2D eigenvalue weighted by molar-refractivity contribution is 0.0400. The maximum absolute atomic E-state index is 10.7. The molecule has 1 saturated carbocycles. The average Bonchev–Trinajstić information content (AvgIpc) is 3.32. The van der Waals surface area contributed by atoms with Crippen molar-refractivity contribution in [3.05, 3.63) is 36.3 Å². The van der Waals surface area contributed by atoms with Crippen molar-refractivity contribution in [1.29, 1.82) is 0 Å². The van der Waals surface area contributed by atoms with Gasteiger partial charge in [-0.1, -0.05) is 0 Å². The largest absolute Gasteiger partial charge is 0.388 e. The monoisotopic (exact) mass is 296 g/mol. The minimum atomic E-state index is -0.518. The summed E-state index contributed by atoms with van der Waals surface area (Å²) in [6, 6.07) is 5.84. The second-order valence-corrected chi connectivity index (χ2v) is 6.48. The maximum Gasteiger partial charge on any atom is 0.161 e. The molecule has 0 bridgehead atoms. The third-order valence-electron chi connectivity index (χ3n) is 4.72. The third kappa shape index (κ3) is 2.46. The Bertz CT molecular complexity index is 686. The highest BCUT2D eigenvalue weighted by molar-refractivity contribution is 5.57. The summed E-state index contributed by atoms with van der Waals surface area (Å²) in [5.41, 5.74) is 1.39. The standard InChI is InChI=1S/C17H20N4O/c1-12-10-15(20-16(19-12)13-4-7-18-8-5-13)21-9-6-17(22,11-21)14-2-3-14/h4-5,7-8,10,14,22H,2-3,6,9,11H2,1H3. The Morgan fingerprint density at radius 3 is 2.73 bits per heavy atom. The molecule has 2 aliphatic rings. The Kier molecular flexibility index (Phi) is 3.11. The number of β-amino-alcohol motifs (C(OH)–C–C–N with tert-alkyl or cyclic N) is 1. The van der Waals surface area contributed by atoms with E-state index < -0.39 is 5.60 Å². The fourth-order valence-corrected chi connectivity index (χ4v) is 3.31. The van der Waals surface area contributed by atoms with E-state index in [-0.39, 0.29) is 0 Å². The van der Waals surface area contributed by atoms with Crippen LogP contribution in [0.3, 0.4) is 0 Å². The molecule has 114 valence electrons. The van der Waals surface area contributed by atoms with Gasteiger partial charge in [0.05, 0.1) is 5.60 Å². The van der Waals surface area contributed by atoms with Crippen LogP contribution < -0.4 is 4.90 Å². The second kappa shape index (κ2) is 5.02. The minimum absolute atomic E-state index is 0.486. The summed E-state index contributed by atoms with van der Waals surface area (Å²) in [4.78, 5) is 15.5. The molecule has 22 heavy (non-hydrogen) atoms. The number of rotatable bonds is 3. The van der Waals surface area contributed by atoms with E-state index in [4.69, 9.17) is 4.98 Å². The number of pyridine rings is 1. The Labute approximate surface area is 130 Å². The quantitative estimate of drug-likeness (QED) is 0.941. The number of aryl methyl sites for hydroxylation is 1. The summed E-state index contributed by atoms with van der Waals surface area (Å²) < 4.78 is 0. The van der Waals surface area contributed by atoms with Gasteiger partial charge in [-0.05, 0) is 44.2 Å². The maximum atomic E-state index is 10.7. The molecule has 1 aliphatic carbocycles. The van der Waals surface area contributed by atoms with Crippen LogP contribution in [0.4, 0.5) is 5.82 Å². The molecule has 5 nitrogen and oxygen atoms in total. The van der Waals surface area contributed by atoms with Gasteiger partial charge in [0.1, 0.15) is 5.82 Å². The lowest BCUT2D eigenvalue weighted by atomic mass is 9.97. The van der Waals surface area contributed by atoms with Crippen molar-refractivity contribution in [3.63, 3.8) is 0 Å². The number of anilines is 1. The fraction of sp³-hybridized carbons (Fsp3) is 0.471. The first-order valence-corrected chi connectivity index (χ1v) is 7.87. The van der Waals surface area contributed by atoms with Crippen LogP contribution in [-0.4, -0.2) is 38.7 Å². The lowest BCUT2D eigenvalue weighted by Crippen LogP contribution is -2.35. The van der Waals surface area contributed by atoms with Gasteiger partial charge in [0.15, 0.2) is 5.82 Å². The summed E-state index contributed by atoms with van der Waals surface area (Å²) in [7, 11) is 0. The molecule has 0 aromatic carbocycles. The van der Waals surface area contributed by atoms with Gasteiger partial charge in [-0.3, -0.25) is 4.98 Å². The molecule has 5 heteroatoms. The minimum Gasteiger partial charge on any atom is -0.388 e. The van der Waals surface area contributed by atoms with E-state index in [9.17, 15) is 5.11 Å². The van der Waals surface area contributed by atoms with Gasteiger partial charge >= 0.3 is 0 Å². The van der Waals surface area contributed by atoms with E-state index in [0.717, 1.165) is 48.7 Å². The predicted octanol–water partition coefficient (Wildman–Crippen LogP) is 2.20. The van der Waals surface area contributed by atoms with Crippen molar-refractivity contribution < 1.29 is 5.11 Å². The van der Waals surface area contributed by atoms with Crippen LogP contribution in [0, 0.1) is 12.8 Å². The first-order valence-electron chi connectivity index (χ1n) is 7.87. The van der Waals surface area contributed by atoms with E-state index in [1.165, 1.54) is 0 Å². The summed E-state index contributed by atoms with van der Waals surface area (Å²) >= 11 is 0.